The molecule has 2 heterocycles. The van der Waals surface area contributed by atoms with Crippen molar-refractivity contribution in [3.05, 3.63) is 22.2 Å². The quantitative estimate of drug-likeness (QED) is 0.377. The molecule has 0 saturated heterocycles. The Morgan fingerprint density at radius 3 is 1.41 bits per heavy atom. The Hall–Kier alpha value is -0.960. The van der Waals surface area contributed by atoms with E-state index in [1.54, 1.807) is 0 Å². The number of imide groups is 2. The Bertz CT molecular complexity index is 554. The van der Waals surface area contributed by atoms with Crippen LogP contribution < -0.4 is 0 Å². The van der Waals surface area contributed by atoms with Gasteiger partial charge in [0.2, 0.25) is 0 Å². The van der Waals surface area contributed by atoms with Crippen LogP contribution in [0.4, 0.5) is 0 Å². The van der Waals surface area contributed by atoms with Crippen LogP contribution in [-0.4, -0.2) is 58.0 Å². The standard InChI is InChI=1S/C12H10Cl2N2O4S2/c13-7-5-9(17)15(11(7)19)1-3-21-22-4-2-16-10(18)6-8(14)12(16)20/h5-6H,1-4H2. The number of halogens is 2. The van der Waals surface area contributed by atoms with Crippen LogP contribution in [0.5, 0.6) is 0 Å². The van der Waals surface area contributed by atoms with E-state index >= 15 is 0 Å². The molecule has 10 heteroatoms. The van der Waals surface area contributed by atoms with Crippen LogP contribution in [0.2, 0.25) is 0 Å². The maximum atomic E-state index is 11.5. The lowest BCUT2D eigenvalue weighted by molar-refractivity contribution is -0.138. The molecule has 118 valence electrons. The zero-order valence-corrected chi connectivity index (χ0v) is 14.2. The minimum atomic E-state index is -0.480. The predicted octanol–water partition coefficient (Wildman–Crippen LogP) is 1.35. The summed E-state index contributed by atoms with van der Waals surface area (Å²) in [5.74, 6) is -0.719. The SMILES string of the molecule is O=C1C=C(Cl)C(=O)N1CCSSCCN1C(=O)C=C(Cl)C1=O. The molecular formula is C12H10Cl2N2O4S2. The second-order valence-electron chi connectivity index (χ2n) is 4.22. The summed E-state index contributed by atoms with van der Waals surface area (Å²) in [7, 11) is 2.87. The first-order chi connectivity index (χ1) is 10.4. The zero-order chi connectivity index (χ0) is 16.3. The molecule has 0 fully saturated rings. The van der Waals surface area contributed by atoms with Gasteiger partial charge in [0.1, 0.15) is 10.1 Å². The summed E-state index contributed by atoms with van der Waals surface area (Å²) in [6.07, 6.45) is 2.20. The van der Waals surface area contributed by atoms with E-state index in [1.807, 2.05) is 0 Å². The molecule has 0 aromatic carbocycles. The Balaban J connectivity index is 1.61. The maximum Gasteiger partial charge on any atom is 0.272 e. The summed E-state index contributed by atoms with van der Waals surface area (Å²) in [6.45, 7) is 0.522. The summed E-state index contributed by atoms with van der Waals surface area (Å²) < 4.78 is 0. The number of amides is 4. The molecule has 22 heavy (non-hydrogen) atoms. The molecule has 0 aromatic heterocycles. The fourth-order valence-corrected chi connectivity index (χ4v) is 4.05. The molecule has 0 spiro atoms. The largest absolute Gasteiger partial charge is 0.273 e. The van der Waals surface area contributed by atoms with Crippen molar-refractivity contribution in [1.29, 1.82) is 0 Å². The van der Waals surface area contributed by atoms with E-state index in [0.717, 1.165) is 22.0 Å². The molecule has 0 radical (unpaired) electrons. The van der Waals surface area contributed by atoms with Gasteiger partial charge in [-0.2, -0.15) is 0 Å². The van der Waals surface area contributed by atoms with Gasteiger partial charge in [-0.05, 0) is 0 Å². The lowest BCUT2D eigenvalue weighted by atomic mass is 10.5. The molecule has 0 saturated carbocycles. The van der Waals surface area contributed by atoms with Crippen molar-refractivity contribution in [2.45, 2.75) is 0 Å². The van der Waals surface area contributed by atoms with Crippen molar-refractivity contribution in [3.8, 4) is 0 Å². The fourth-order valence-electron chi connectivity index (χ4n) is 1.75. The van der Waals surface area contributed by atoms with E-state index in [2.05, 4.69) is 0 Å². The average Bonchev–Trinajstić information content (AvgIpc) is 2.84. The summed E-state index contributed by atoms with van der Waals surface area (Å²) in [5.41, 5.74) is 0. The van der Waals surface area contributed by atoms with Crippen LogP contribution >= 0.6 is 44.8 Å². The van der Waals surface area contributed by atoms with Gasteiger partial charge in [0.15, 0.2) is 0 Å². The van der Waals surface area contributed by atoms with Crippen LogP contribution in [0.1, 0.15) is 0 Å². The second-order valence-corrected chi connectivity index (χ2v) is 7.74. The van der Waals surface area contributed by atoms with Gasteiger partial charge in [0.05, 0.1) is 0 Å². The van der Waals surface area contributed by atoms with Crippen LogP contribution in [0.25, 0.3) is 0 Å². The summed E-state index contributed by atoms with van der Waals surface area (Å²) in [4.78, 5) is 48.0. The molecule has 4 amide bonds. The Kier molecular flexibility index (Phi) is 5.96. The highest BCUT2D eigenvalue weighted by atomic mass is 35.5. The average molecular weight is 381 g/mol. The molecule has 0 N–H and O–H groups in total. The van der Waals surface area contributed by atoms with E-state index in [-0.39, 0.29) is 23.2 Å². The highest BCUT2D eigenvalue weighted by Crippen LogP contribution is 2.24. The number of carbonyl (C=O) groups is 4. The minimum Gasteiger partial charge on any atom is -0.273 e. The number of hydrogen-bond donors (Lipinski definition) is 0. The molecule has 2 aliphatic rings. The second kappa shape index (κ2) is 7.54. The van der Waals surface area contributed by atoms with Gasteiger partial charge in [-0.3, -0.25) is 29.0 Å². The monoisotopic (exact) mass is 380 g/mol. The van der Waals surface area contributed by atoms with Gasteiger partial charge in [-0.1, -0.05) is 44.8 Å². The third kappa shape index (κ3) is 3.87. The molecule has 2 aliphatic heterocycles. The van der Waals surface area contributed by atoms with Crippen molar-refractivity contribution in [1.82, 2.24) is 9.80 Å². The highest BCUT2D eigenvalue weighted by Gasteiger charge is 2.30. The van der Waals surface area contributed by atoms with E-state index in [0.29, 0.717) is 11.5 Å². The Morgan fingerprint density at radius 1 is 0.773 bits per heavy atom. The number of hydrogen-bond acceptors (Lipinski definition) is 6. The van der Waals surface area contributed by atoms with Crippen molar-refractivity contribution < 1.29 is 19.2 Å². The van der Waals surface area contributed by atoms with Crippen molar-refractivity contribution >= 4 is 68.4 Å². The van der Waals surface area contributed by atoms with Crippen molar-refractivity contribution in [3.63, 3.8) is 0 Å². The lowest BCUT2D eigenvalue weighted by Crippen LogP contribution is -2.33. The van der Waals surface area contributed by atoms with E-state index < -0.39 is 23.6 Å². The highest BCUT2D eigenvalue weighted by molar-refractivity contribution is 8.76. The predicted molar refractivity (Wildman–Crippen MR) is 86.2 cm³/mol. The molecule has 0 aliphatic carbocycles. The number of carbonyl (C=O) groups excluding carboxylic acids is 4. The summed E-state index contributed by atoms with van der Waals surface area (Å²) in [5, 5.41) is -0.142. The first kappa shape index (κ1) is 17.4. The number of nitrogens with zero attached hydrogens (tertiary/aromatic N) is 2. The van der Waals surface area contributed by atoms with Crippen molar-refractivity contribution in [2.24, 2.45) is 0 Å². The zero-order valence-electron chi connectivity index (χ0n) is 11.1. The molecule has 0 aromatic rings. The molecular weight excluding hydrogens is 371 g/mol. The van der Waals surface area contributed by atoms with Gasteiger partial charge in [-0.25, -0.2) is 0 Å². The fraction of sp³-hybridized carbons (Fsp3) is 0.333. The first-order valence-corrected chi connectivity index (χ1v) is 9.36. The summed E-state index contributed by atoms with van der Waals surface area (Å²) in [6, 6.07) is 0. The molecule has 0 atom stereocenters. The Morgan fingerprint density at radius 2 is 1.14 bits per heavy atom. The van der Waals surface area contributed by atoms with E-state index in [4.69, 9.17) is 23.2 Å². The van der Waals surface area contributed by atoms with Gasteiger partial charge in [-0.15, -0.1) is 0 Å². The summed E-state index contributed by atoms with van der Waals surface area (Å²) >= 11 is 11.2. The van der Waals surface area contributed by atoms with Crippen LogP contribution in [0, 0.1) is 0 Å². The van der Waals surface area contributed by atoms with Gasteiger partial charge in [0.25, 0.3) is 23.6 Å². The third-order valence-corrected chi connectivity index (χ3v) is 5.72. The maximum absolute atomic E-state index is 11.5. The van der Waals surface area contributed by atoms with E-state index in [1.165, 1.54) is 21.6 Å². The number of rotatable bonds is 7. The van der Waals surface area contributed by atoms with Gasteiger partial charge < -0.3 is 0 Å². The topological polar surface area (TPSA) is 74.8 Å². The molecule has 6 nitrogen and oxygen atoms in total. The van der Waals surface area contributed by atoms with Crippen molar-refractivity contribution in [2.75, 3.05) is 24.6 Å². The Labute approximate surface area is 144 Å². The third-order valence-electron chi connectivity index (χ3n) is 2.81. The normalized spacial score (nSPS) is 18.5. The lowest BCUT2D eigenvalue weighted by Gasteiger charge is -2.14. The van der Waals surface area contributed by atoms with Gasteiger partial charge >= 0.3 is 0 Å². The van der Waals surface area contributed by atoms with E-state index in [9.17, 15) is 19.2 Å². The minimum absolute atomic E-state index is 0.0712. The van der Waals surface area contributed by atoms with Crippen LogP contribution in [0.3, 0.4) is 0 Å². The molecule has 0 unspecified atom stereocenters. The van der Waals surface area contributed by atoms with Crippen LogP contribution in [-0.2, 0) is 19.2 Å². The van der Waals surface area contributed by atoms with Crippen LogP contribution in [0.15, 0.2) is 22.2 Å². The smallest absolute Gasteiger partial charge is 0.272 e. The first-order valence-electron chi connectivity index (χ1n) is 6.12. The molecule has 0 bridgehead atoms. The molecule has 2 rings (SSSR count). The van der Waals surface area contributed by atoms with Gasteiger partial charge in [0, 0.05) is 36.7 Å².